The zero-order chi connectivity index (χ0) is 18.4. The summed E-state index contributed by atoms with van der Waals surface area (Å²) in [6.07, 6.45) is 0. The first-order valence-electron chi connectivity index (χ1n) is 7.03. The van der Waals surface area contributed by atoms with E-state index in [9.17, 15) is 15.2 Å². The van der Waals surface area contributed by atoms with E-state index in [1.165, 1.54) is 36.4 Å². The van der Waals surface area contributed by atoms with Crippen LogP contribution in [0.15, 0.2) is 53.5 Å². The molecule has 0 heterocycles. The van der Waals surface area contributed by atoms with E-state index in [0.29, 0.717) is 11.3 Å². The number of nitrogens with zero attached hydrogens (tertiary/aromatic N) is 1. The van der Waals surface area contributed by atoms with Crippen molar-refractivity contribution < 1.29 is 25.7 Å². The zero-order valence-corrected chi connectivity index (χ0v) is 13.7. The minimum Gasteiger partial charge on any atom is -0.595 e. The maximum Gasteiger partial charge on any atom is 0.173 e. The van der Waals surface area contributed by atoms with Crippen LogP contribution in [-0.4, -0.2) is 27.1 Å². The van der Waals surface area contributed by atoms with Crippen LogP contribution >= 0.6 is 11.8 Å². The topological polar surface area (TPSA) is 151 Å². The first kappa shape index (κ1) is 19.0. The molecule has 10 heteroatoms. The van der Waals surface area contributed by atoms with Crippen LogP contribution in [0.3, 0.4) is 0 Å². The van der Waals surface area contributed by atoms with Crippen LogP contribution in [0.2, 0.25) is 0 Å². The van der Waals surface area contributed by atoms with E-state index in [1.54, 1.807) is 12.1 Å². The Hall–Kier alpha value is -2.31. The van der Waals surface area contributed by atoms with E-state index in [4.69, 9.17) is 16.1 Å². The number of aliphatic imine (C=N–C) groups is 1. The van der Waals surface area contributed by atoms with E-state index in [2.05, 4.69) is 4.99 Å². The van der Waals surface area contributed by atoms with Gasteiger partial charge in [-0.1, -0.05) is 17.8 Å². The van der Waals surface area contributed by atoms with Crippen molar-refractivity contribution in [2.75, 3.05) is 5.75 Å². The average Bonchev–Trinajstić information content (AvgIpc) is 2.60. The summed E-state index contributed by atoms with van der Waals surface area (Å²) < 4.78 is 0. The van der Waals surface area contributed by atoms with E-state index in [-0.39, 0.29) is 28.1 Å². The molecule has 0 radical (unpaired) electrons. The van der Waals surface area contributed by atoms with Crippen molar-refractivity contribution in [1.82, 2.24) is 0 Å². The number of hydrogen-bond donors (Lipinski definition) is 5. The molecular formula is C15H16N4O5S. The molecule has 0 fully saturated rings. The summed E-state index contributed by atoms with van der Waals surface area (Å²) in [6.45, 7) is 0. The van der Waals surface area contributed by atoms with Crippen molar-refractivity contribution in [2.45, 2.75) is 0 Å². The predicted octanol–water partition coefficient (Wildman–Crippen LogP) is 0.0557. The first-order chi connectivity index (χ1) is 11.9. The summed E-state index contributed by atoms with van der Waals surface area (Å²) in [5, 5.41) is 37.4. The lowest BCUT2D eigenvalue weighted by atomic mass is 10.1. The van der Waals surface area contributed by atoms with Crippen molar-refractivity contribution in [3.63, 3.8) is 0 Å². The number of thioether (sulfide) groups is 1. The quantitative estimate of drug-likeness (QED) is 0.210. The summed E-state index contributed by atoms with van der Waals surface area (Å²) >= 11 is 1.01. The lowest BCUT2D eigenvalue weighted by molar-refractivity contribution is -0.991. The molecule has 6 N–H and O–H groups in total. The molecule has 9 nitrogen and oxygen atoms in total. The molecule has 0 bridgehead atoms. The van der Waals surface area contributed by atoms with Gasteiger partial charge in [0.05, 0.1) is 11.4 Å². The van der Waals surface area contributed by atoms with Gasteiger partial charge in [0.25, 0.3) is 0 Å². The Morgan fingerprint density at radius 3 is 2.32 bits per heavy atom. The molecule has 132 valence electrons. The van der Waals surface area contributed by atoms with E-state index in [1.807, 2.05) is 0 Å². The second kappa shape index (κ2) is 8.69. The molecule has 2 unspecified atom stereocenters. The van der Waals surface area contributed by atoms with Crippen LogP contribution in [0, 0.1) is 10.4 Å². The van der Waals surface area contributed by atoms with E-state index in [0.717, 1.165) is 11.8 Å². The van der Waals surface area contributed by atoms with Crippen LogP contribution in [-0.2, 0) is 0 Å². The summed E-state index contributed by atoms with van der Waals surface area (Å²) in [5.41, 5.74) is 6.70. The SMILES string of the molecule is NC(=Nc1cccc([NH+]([O-])O)c1)SCC(=O)c1ccc([NH+]([O-])O)cc1. The fraction of sp³-hybridized carbons (Fsp3) is 0.0667. The molecule has 2 aromatic carbocycles. The number of Topliss-reactive ketones (excluding diaryl/α,β-unsaturated/α-hetero) is 1. The number of rotatable bonds is 6. The van der Waals surface area contributed by atoms with Crippen molar-refractivity contribution in [1.29, 1.82) is 0 Å². The van der Waals surface area contributed by atoms with Gasteiger partial charge in [-0.15, -0.1) is 0 Å². The van der Waals surface area contributed by atoms with Crippen molar-refractivity contribution >= 4 is 39.8 Å². The molecule has 0 spiro atoms. The van der Waals surface area contributed by atoms with Gasteiger partial charge >= 0.3 is 0 Å². The van der Waals surface area contributed by atoms with Gasteiger partial charge in [-0.2, -0.15) is 10.5 Å². The number of carbonyl (C=O) groups excluding carboxylic acids is 1. The summed E-state index contributed by atoms with van der Waals surface area (Å²) in [6, 6.07) is 11.6. The van der Waals surface area contributed by atoms with Crippen molar-refractivity contribution in [3.05, 3.63) is 64.5 Å². The van der Waals surface area contributed by atoms with Gasteiger partial charge < -0.3 is 16.1 Å². The molecule has 2 aromatic rings. The Morgan fingerprint density at radius 1 is 1.08 bits per heavy atom. The Balaban J connectivity index is 1.97. The molecule has 0 saturated heterocycles. The Kier molecular flexibility index (Phi) is 6.61. The number of quaternary nitrogens is 2. The number of amidine groups is 1. The molecule has 2 atom stereocenters. The third kappa shape index (κ3) is 5.62. The molecule has 0 aromatic heterocycles. The molecular weight excluding hydrogens is 348 g/mol. The van der Waals surface area contributed by atoms with Gasteiger partial charge in [-0.25, -0.2) is 15.4 Å². The largest absolute Gasteiger partial charge is 0.595 e. The lowest BCUT2D eigenvalue weighted by Crippen LogP contribution is -2.99. The Labute approximate surface area is 147 Å². The summed E-state index contributed by atoms with van der Waals surface area (Å²) in [4.78, 5) is 16.1. The molecule has 0 saturated carbocycles. The van der Waals surface area contributed by atoms with Crippen molar-refractivity contribution in [3.8, 4) is 0 Å². The average molecular weight is 364 g/mol. The third-order valence-electron chi connectivity index (χ3n) is 3.14. The van der Waals surface area contributed by atoms with Crippen LogP contribution in [0.5, 0.6) is 0 Å². The van der Waals surface area contributed by atoms with Crippen LogP contribution in [0.4, 0.5) is 17.1 Å². The molecule has 2 rings (SSSR count). The molecule has 0 aliphatic heterocycles. The minimum absolute atomic E-state index is 0.0281. The van der Waals surface area contributed by atoms with Crippen LogP contribution in [0.25, 0.3) is 0 Å². The minimum atomic E-state index is -1.07. The highest BCUT2D eigenvalue weighted by Crippen LogP contribution is 2.17. The van der Waals surface area contributed by atoms with Crippen molar-refractivity contribution in [2.24, 2.45) is 10.7 Å². The fourth-order valence-electron chi connectivity index (χ4n) is 1.89. The first-order valence-corrected chi connectivity index (χ1v) is 8.02. The van der Waals surface area contributed by atoms with Gasteiger partial charge in [0.2, 0.25) is 0 Å². The molecule has 0 aliphatic carbocycles. The van der Waals surface area contributed by atoms with Gasteiger partial charge in [0.15, 0.2) is 22.3 Å². The monoisotopic (exact) mass is 364 g/mol. The highest BCUT2D eigenvalue weighted by molar-refractivity contribution is 8.14. The van der Waals surface area contributed by atoms with Crippen LogP contribution < -0.4 is 16.2 Å². The summed E-state index contributed by atoms with van der Waals surface area (Å²) in [7, 11) is 0. The molecule has 0 aliphatic rings. The summed E-state index contributed by atoms with van der Waals surface area (Å²) in [5.74, 6) is -0.195. The zero-order valence-electron chi connectivity index (χ0n) is 12.9. The number of hydrogen-bond acceptors (Lipinski definition) is 7. The fourth-order valence-corrected chi connectivity index (χ4v) is 2.51. The highest BCUT2D eigenvalue weighted by Gasteiger charge is 2.09. The predicted molar refractivity (Wildman–Crippen MR) is 92.5 cm³/mol. The molecule has 0 amide bonds. The number of benzene rings is 2. The number of ketones is 1. The van der Waals surface area contributed by atoms with E-state index < -0.39 is 10.5 Å². The van der Waals surface area contributed by atoms with E-state index >= 15 is 0 Å². The van der Waals surface area contributed by atoms with Gasteiger partial charge in [-0.05, 0) is 18.2 Å². The Bertz CT molecular complexity index is 765. The second-order valence-electron chi connectivity index (χ2n) is 4.90. The second-order valence-corrected chi connectivity index (χ2v) is 5.90. The maximum atomic E-state index is 12.1. The maximum absolute atomic E-state index is 12.1. The number of carbonyl (C=O) groups is 1. The highest BCUT2D eigenvalue weighted by atomic mass is 32.2. The Morgan fingerprint density at radius 2 is 1.72 bits per heavy atom. The molecule has 25 heavy (non-hydrogen) atoms. The van der Waals surface area contributed by atoms with Gasteiger partial charge in [-0.3, -0.25) is 4.79 Å². The normalized spacial score (nSPS) is 14.2. The van der Waals surface area contributed by atoms with Crippen LogP contribution in [0.1, 0.15) is 10.4 Å². The van der Waals surface area contributed by atoms with Gasteiger partial charge in [0, 0.05) is 29.8 Å². The number of nitrogens with one attached hydrogen (secondary N) is 2. The van der Waals surface area contributed by atoms with Gasteiger partial charge in [0.1, 0.15) is 0 Å². The smallest absolute Gasteiger partial charge is 0.173 e. The lowest BCUT2D eigenvalue weighted by Gasteiger charge is -2.11. The standard InChI is InChI=1S/C15H16N4O5S/c16-15(17-11-2-1-3-13(8-11)19(23)24)25-9-14(20)10-4-6-12(7-5-10)18(21)22/h1-8,18-19,21,23H,9H2,(H2,16,17). The number of nitrogens with two attached hydrogens (primary N) is 1. The third-order valence-corrected chi connectivity index (χ3v) is 3.93.